The molecule has 0 saturated carbocycles. The predicted octanol–water partition coefficient (Wildman–Crippen LogP) is 3.60. The molecular formula is C20H24N4O3S. The molecule has 0 spiro atoms. The molecule has 28 heavy (non-hydrogen) atoms. The Bertz CT molecular complexity index is 912. The summed E-state index contributed by atoms with van der Waals surface area (Å²) in [5.74, 6) is 2.48. The highest BCUT2D eigenvalue weighted by molar-refractivity contribution is 7.99. The highest BCUT2D eigenvalue weighted by atomic mass is 32.2. The van der Waals surface area contributed by atoms with E-state index >= 15 is 0 Å². The standard InChI is InChI=1S/C20H24N4O3S/c1-20(2,3)21-17(25)13-28-19-23-22-18(14-7-9-15(26-4)10-8-14)24(19)12-16-6-5-11-27-16/h5-11H,12-13H2,1-4H3,(H,21,25). The van der Waals surface area contributed by atoms with Gasteiger partial charge in [0.05, 0.1) is 25.7 Å². The van der Waals surface area contributed by atoms with Crippen LogP contribution in [-0.2, 0) is 11.3 Å². The Hall–Kier alpha value is -2.74. The maximum Gasteiger partial charge on any atom is 0.230 e. The third-order valence-electron chi connectivity index (χ3n) is 3.81. The van der Waals surface area contributed by atoms with Gasteiger partial charge in [-0.25, -0.2) is 0 Å². The lowest BCUT2D eigenvalue weighted by Crippen LogP contribution is -2.41. The van der Waals surface area contributed by atoms with Crippen LogP contribution >= 0.6 is 11.8 Å². The molecule has 3 aromatic rings. The topological polar surface area (TPSA) is 82.2 Å². The fourth-order valence-electron chi connectivity index (χ4n) is 2.63. The monoisotopic (exact) mass is 400 g/mol. The molecule has 0 fully saturated rings. The molecule has 0 aliphatic heterocycles. The number of amides is 1. The maximum atomic E-state index is 12.2. The third kappa shape index (κ3) is 5.16. The summed E-state index contributed by atoms with van der Waals surface area (Å²) in [6.45, 7) is 6.34. The minimum atomic E-state index is -0.270. The van der Waals surface area contributed by atoms with Crippen molar-refractivity contribution < 1.29 is 13.9 Å². The third-order valence-corrected chi connectivity index (χ3v) is 4.77. The average molecular weight is 401 g/mol. The normalized spacial score (nSPS) is 11.4. The number of methoxy groups -OCH3 is 1. The number of nitrogens with one attached hydrogen (secondary N) is 1. The lowest BCUT2D eigenvalue weighted by atomic mass is 10.1. The van der Waals surface area contributed by atoms with Gasteiger partial charge >= 0.3 is 0 Å². The zero-order valence-electron chi connectivity index (χ0n) is 16.4. The first kappa shape index (κ1) is 20.0. The van der Waals surface area contributed by atoms with Crippen LogP contribution < -0.4 is 10.1 Å². The molecule has 0 bridgehead atoms. The summed E-state index contributed by atoms with van der Waals surface area (Å²) < 4.78 is 12.7. The van der Waals surface area contributed by atoms with E-state index < -0.39 is 0 Å². The molecule has 8 heteroatoms. The molecule has 0 saturated heterocycles. The number of hydrogen-bond donors (Lipinski definition) is 1. The fourth-order valence-corrected chi connectivity index (χ4v) is 3.37. The lowest BCUT2D eigenvalue weighted by Gasteiger charge is -2.20. The highest BCUT2D eigenvalue weighted by Gasteiger charge is 2.19. The molecule has 1 aromatic carbocycles. The van der Waals surface area contributed by atoms with E-state index in [1.807, 2.05) is 61.7 Å². The zero-order chi connectivity index (χ0) is 20.1. The Morgan fingerprint density at radius 2 is 1.96 bits per heavy atom. The predicted molar refractivity (Wildman–Crippen MR) is 108 cm³/mol. The molecule has 0 radical (unpaired) electrons. The van der Waals surface area contributed by atoms with Gasteiger partial charge in [-0.2, -0.15) is 0 Å². The van der Waals surface area contributed by atoms with Crippen molar-refractivity contribution in [3.8, 4) is 17.1 Å². The number of hydrogen-bond acceptors (Lipinski definition) is 6. The summed E-state index contributed by atoms with van der Waals surface area (Å²) in [5.41, 5.74) is 0.638. The van der Waals surface area contributed by atoms with Gasteiger partial charge in [-0.05, 0) is 57.2 Å². The van der Waals surface area contributed by atoms with E-state index in [2.05, 4.69) is 15.5 Å². The molecule has 0 unspecified atom stereocenters. The smallest absolute Gasteiger partial charge is 0.230 e. The van der Waals surface area contributed by atoms with Crippen molar-refractivity contribution in [1.82, 2.24) is 20.1 Å². The highest BCUT2D eigenvalue weighted by Crippen LogP contribution is 2.26. The van der Waals surface area contributed by atoms with Crippen LogP contribution in [0, 0.1) is 0 Å². The Kier molecular flexibility index (Phi) is 6.08. The summed E-state index contributed by atoms with van der Waals surface area (Å²) in [4.78, 5) is 12.2. The zero-order valence-corrected chi connectivity index (χ0v) is 17.2. The second-order valence-corrected chi connectivity index (χ2v) is 8.23. The number of carbonyl (C=O) groups is 1. The first-order valence-electron chi connectivity index (χ1n) is 8.89. The summed E-state index contributed by atoms with van der Waals surface area (Å²) >= 11 is 1.35. The number of nitrogens with zero attached hydrogens (tertiary/aromatic N) is 3. The molecule has 0 aliphatic carbocycles. The number of carbonyl (C=O) groups excluding carboxylic acids is 1. The van der Waals surface area contributed by atoms with Crippen molar-refractivity contribution in [2.45, 2.75) is 38.0 Å². The van der Waals surface area contributed by atoms with Gasteiger partial charge in [0, 0.05) is 11.1 Å². The van der Waals surface area contributed by atoms with Crippen molar-refractivity contribution >= 4 is 17.7 Å². The van der Waals surface area contributed by atoms with Crippen LogP contribution in [-0.4, -0.2) is 39.1 Å². The van der Waals surface area contributed by atoms with Crippen molar-refractivity contribution in [3.63, 3.8) is 0 Å². The van der Waals surface area contributed by atoms with E-state index in [0.29, 0.717) is 17.5 Å². The van der Waals surface area contributed by atoms with Crippen molar-refractivity contribution in [2.24, 2.45) is 0 Å². The van der Waals surface area contributed by atoms with Crippen LogP contribution in [0.3, 0.4) is 0 Å². The summed E-state index contributed by atoms with van der Waals surface area (Å²) in [5, 5.41) is 12.3. The van der Waals surface area contributed by atoms with Gasteiger partial charge in [0.2, 0.25) is 5.91 Å². The Labute approximate surface area is 168 Å². The van der Waals surface area contributed by atoms with Crippen LogP contribution in [0.1, 0.15) is 26.5 Å². The van der Waals surface area contributed by atoms with Gasteiger partial charge in [0.15, 0.2) is 11.0 Å². The Morgan fingerprint density at radius 1 is 1.21 bits per heavy atom. The van der Waals surface area contributed by atoms with E-state index in [0.717, 1.165) is 17.1 Å². The Balaban J connectivity index is 1.85. The molecule has 0 aliphatic rings. The molecule has 1 amide bonds. The molecular weight excluding hydrogens is 376 g/mol. The van der Waals surface area contributed by atoms with Gasteiger partial charge < -0.3 is 14.5 Å². The van der Waals surface area contributed by atoms with Gasteiger partial charge in [0.1, 0.15) is 11.5 Å². The molecule has 148 valence electrons. The largest absolute Gasteiger partial charge is 0.497 e. The van der Waals surface area contributed by atoms with Crippen molar-refractivity contribution in [3.05, 3.63) is 48.4 Å². The minimum Gasteiger partial charge on any atom is -0.497 e. The van der Waals surface area contributed by atoms with Gasteiger partial charge in [-0.1, -0.05) is 11.8 Å². The van der Waals surface area contributed by atoms with Gasteiger partial charge in [0.25, 0.3) is 0 Å². The molecule has 2 aromatic heterocycles. The molecule has 0 atom stereocenters. The Morgan fingerprint density at radius 3 is 2.57 bits per heavy atom. The number of aromatic nitrogens is 3. The van der Waals surface area contributed by atoms with Crippen molar-refractivity contribution in [1.29, 1.82) is 0 Å². The maximum absolute atomic E-state index is 12.2. The van der Waals surface area contributed by atoms with Crippen LogP contribution in [0.5, 0.6) is 5.75 Å². The van der Waals surface area contributed by atoms with Crippen LogP contribution in [0.2, 0.25) is 0 Å². The fraction of sp³-hybridized carbons (Fsp3) is 0.350. The number of benzene rings is 1. The van der Waals surface area contributed by atoms with Crippen LogP contribution in [0.4, 0.5) is 0 Å². The summed E-state index contributed by atoms with van der Waals surface area (Å²) in [6, 6.07) is 11.4. The SMILES string of the molecule is COc1ccc(-c2nnc(SCC(=O)NC(C)(C)C)n2Cc2ccco2)cc1. The summed E-state index contributed by atoms with van der Waals surface area (Å²) in [6.07, 6.45) is 1.64. The number of thioether (sulfide) groups is 1. The minimum absolute atomic E-state index is 0.0453. The number of ether oxygens (including phenoxy) is 1. The average Bonchev–Trinajstić information content (AvgIpc) is 3.29. The quantitative estimate of drug-likeness (QED) is 0.610. The second-order valence-electron chi connectivity index (χ2n) is 7.29. The molecule has 7 nitrogen and oxygen atoms in total. The number of furan rings is 1. The van der Waals surface area contributed by atoms with Crippen LogP contribution in [0.25, 0.3) is 11.4 Å². The first-order valence-corrected chi connectivity index (χ1v) is 9.88. The molecule has 2 heterocycles. The lowest BCUT2D eigenvalue weighted by molar-refractivity contribution is -0.119. The first-order chi connectivity index (χ1) is 13.4. The van der Waals surface area contributed by atoms with Crippen LogP contribution in [0.15, 0.2) is 52.2 Å². The van der Waals surface area contributed by atoms with E-state index in [4.69, 9.17) is 9.15 Å². The van der Waals surface area contributed by atoms with E-state index in [1.54, 1.807) is 13.4 Å². The molecule has 3 rings (SSSR count). The van der Waals surface area contributed by atoms with Gasteiger partial charge in [-0.3, -0.25) is 9.36 Å². The van der Waals surface area contributed by atoms with E-state index in [1.165, 1.54) is 11.8 Å². The number of rotatable bonds is 7. The second kappa shape index (κ2) is 8.52. The van der Waals surface area contributed by atoms with Gasteiger partial charge in [-0.15, -0.1) is 10.2 Å². The van der Waals surface area contributed by atoms with E-state index in [9.17, 15) is 4.79 Å². The van der Waals surface area contributed by atoms with Crippen molar-refractivity contribution in [2.75, 3.05) is 12.9 Å². The van der Waals surface area contributed by atoms with E-state index in [-0.39, 0.29) is 17.2 Å². The summed E-state index contributed by atoms with van der Waals surface area (Å²) in [7, 11) is 1.63. The molecule has 1 N–H and O–H groups in total.